The van der Waals surface area contributed by atoms with Crippen LogP contribution >= 0.6 is 11.3 Å². The van der Waals surface area contributed by atoms with Gasteiger partial charge >= 0.3 is 5.97 Å². The summed E-state index contributed by atoms with van der Waals surface area (Å²) in [5.74, 6) is 0.344. The van der Waals surface area contributed by atoms with E-state index in [1.54, 1.807) is 0 Å². The fourth-order valence-corrected chi connectivity index (χ4v) is 2.62. The van der Waals surface area contributed by atoms with E-state index in [9.17, 15) is 4.79 Å². The smallest absolute Gasteiger partial charge is 0.348 e. The van der Waals surface area contributed by atoms with Crippen molar-refractivity contribution in [3.63, 3.8) is 0 Å². The quantitative estimate of drug-likeness (QED) is 0.755. The second kappa shape index (κ2) is 4.11. The van der Waals surface area contributed by atoms with Gasteiger partial charge in [-0.25, -0.2) is 4.79 Å². The summed E-state index contributed by atoms with van der Waals surface area (Å²) in [5.41, 5.74) is 1.26. The van der Waals surface area contributed by atoms with Gasteiger partial charge in [0, 0.05) is 6.54 Å². The molecule has 0 amide bonds. The summed E-state index contributed by atoms with van der Waals surface area (Å²) >= 11 is 1.47. The Hall–Kier alpha value is -0.870. The van der Waals surface area contributed by atoms with E-state index >= 15 is 0 Å². The Morgan fingerprint density at radius 1 is 1.71 bits per heavy atom. The van der Waals surface area contributed by atoms with Crippen LogP contribution < -0.4 is 5.32 Å². The first-order chi connectivity index (χ1) is 6.81. The van der Waals surface area contributed by atoms with Crippen molar-refractivity contribution in [1.29, 1.82) is 0 Å². The average molecular weight is 211 g/mol. The topological polar surface area (TPSA) is 38.3 Å². The van der Waals surface area contributed by atoms with Gasteiger partial charge < -0.3 is 10.1 Å². The molecular formula is C10H13NO2S. The number of nitrogens with one attached hydrogen (secondary N) is 1. The van der Waals surface area contributed by atoms with E-state index in [-0.39, 0.29) is 5.97 Å². The van der Waals surface area contributed by atoms with Gasteiger partial charge in [0.1, 0.15) is 4.88 Å². The summed E-state index contributed by atoms with van der Waals surface area (Å²) in [6.07, 6.45) is 1.16. The molecule has 1 unspecified atom stereocenters. The molecule has 0 bridgehead atoms. The molecule has 1 aromatic heterocycles. The van der Waals surface area contributed by atoms with Crippen molar-refractivity contribution in [2.75, 3.05) is 20.2 Å². The minimum Gasteiger partial charge on any atom is -0.465 e. The molecule has 1 aliphatic rings. The van der Waals surface area contributed by atoms with E-state index in [1.807, 2.05) is 6.07 Å². The first-order valence-corrected chi connectivity index (χ1v) is 5.56. The van der Waals surface area contributed by atoms with Crippen LogP contribution in [0, 0.1) is 0 Å². The fraction of sp³-hybridized carbons (Fsp3) is 0.500. The van der Waals surface area contributed by atoms with Gasteiger partial charge in [0.2, 0.25) is 0 Å². The number of rotatable bonds is 2. The highest BCUT2D eigenvalue weighted by molar-refractivity contribution is 7.12. The van der Waals surface area contributed by atoms with Gasteiger partial charge in [0.05, 0.1) is 7.11 Å². The Balaban J connectivity index is 2.12. The van der Waals surface area contributed by atoms with Crippen LogP contribution in [0.15, 0.2) is 11.4 Å². The molecule has 2 rings (SSSR count). The van der Waals surface area contributed by atoms with Crippen LogP contribution in [-0.4, -0.2) is 26.2 Å². The number of methoxy groups -OCH3 is 1. The molecule has 0 aromatic carbocycles. The van der Waals surface area contributed by atoms with Crippen LogP contribution in [0.4, 0.5) is 0 Å². The van der Waals surface area contributed by atoms with E-state index in [1.165, 1.54) is 24.0 Å². The highest BCUT2D eigenvalue weighted by atomic mass is 32.1. The van der Waals surface area contributed by atoms with Crippen LogP contribution in [0.5, 0.6) is 0 Å². The van der Waals surface area contributed by atoms with Crippen molar-refractivity contribution in [3.8, 4) is 0 Å². The Morgan fingerprint density at radius 3 is 3.21 bits per heavy atom. The first-order valence-electron chi connectivity index (χ1n) is 4.68. The minimum absolute atomic E-state index is 0.229. The Kier molecular flexibility index (Phi) is 2.84. The minimum atomic E-state index is -0.229. The molecule has 1 aliphatic heterocycles. The predicted molar refractivity (Wildman–Crippen MR) is 55.9 cm³/mol. The zero-order chi connectivity index (χ0) is 9.97. The third-order valence-electron chi connectivity index (χ3n) is 2.54. The molecule has 0 spiro atoms. The molecule has 1 aromatic rings. The third kappa shape index (κ3) is 1.81. The average Bonchev–Trinajstić information content (AvgIpc) is 2.86. The molecule has 3 nitrogen and oxygen atoms in total. The molecule has 0 aliphatic carbocycles. The molecule has 1 fully saturated rings. The van der Waals surface area contributed by atoms with Crippen LogP contribution in [0.3, 0.4) is 0 Å². The standard InChI is InChI=1S/C10H13NO2S/c1-13-10(12)9-4-8(6-14-9)7-2-3-11-5-7/h4,6-7,11H,2-3,5H2,1H3. The molecule has 0 saturated carbocycles. The van der Waals surface area contributed by atoms with Crippen molar-refractivity contribution in [3.05, 3.63) is 21.9 Å². The second-order valence-electron chi connectivity index (χ2n) is 3.43. The van der Waals surface area contributed by atoms with Crippen molar-refractivity contribution in [2.24, 2.45) is 0 Å². The van der Waals surface area contributed by atoms with E-state index in [0.29, 0.717) is 10.8 Å². The van der Waals surface area contributed by atoms with E-state index in [2.05, 4.69) is 15.4 Å². The van der Waals surface area contributed by atoms with E-state index < -0.39 is 0 Å². The van der Waals surface area contributed by atoms with Crippen molar-refractivity contribution < 1.29 is 9.53 Å². The zero-order valence-electron chi connectivity index (χ0n) is 8.08. The van der Waals surface area contributed by atoms with Crippen molar-refractivity contribution >= 4 is 17.3 Å². The van der Waals surface area contributed by atoms with Crippen molar-refractivity contribution in [1.82, 2.24) is 5.32 Å². The normalized spacial score (nSPS) is 21.1. The SMILES string of the molecule is COC(=O)c1cc(C2CCNC2)cs1. The molecule has 0 radical (unpaired) electrons. The molecule has 4 heteroatoms. The molecule has 1 atom stereocenters. The maximum Gasteiger partial charge on any atom is 0.348 e. The van der Waals surface area contributed by atoms with Gasteiger partial charge in [-0.05, 0) is 35.9 Å². The van der Waals surface area contributed by atoms with E-state index in [0.717, 1.165) is 19.5 Å². The number of carbonyl (C=O) groups is 1. The monoisotopic (exact) mass is 211 g/mol. The molecule has 76 valence electrons. The summed E-state index contributed by atoms with van der Waals surface area (Å²) in [7, 11) is 1.42. The number of thiophene rings is 1. The summed E-state index contributed by atoms with van der Waals surface area (Å²) < 4.78 is 4.67. The maximum atomic E-state index is 11.2. The lowest BCUT2D eigenvalue weighted by Crippen LogP contribution is -2.07. The highest BCUT2D eigenvalue weighted by Crippen LogP contribution is 2.27. The summed E-state index contributed by atoms with van der Waals surface area (Å²) in [6.45, 7) is 2.10. The van der Waals surface area contributed by atoms with Crippen molar-refractivity contribution in [2.45, 2.75) is 12.3 Å². The molecular weight excluding hydrogens is 198 g/mol. The Labute approximate surface area is 87.1 Å². The van der Waals surface area contributed by atoms with Crippen LogP contribution in [0.1, 0.15) is 27.6 Å². The third-order valence-corrected chi connectivity index (χ3v) is 3.47. The second-order valence-corrected chi connectivity index (χ2v) is 4.34. The van der Waals surface area contributed by atoms with Gasteiger partial charge in [0.15, 0.2) is 0 Å². The van der Waals surface area contributed by atoms with Gasteiger partial charge in [-0.3, -0.25) is 0 Å². The summed E-state index contributed by atoms with van der Waals surface area (Å²) in [5, 5.41) is 5.37. The van der Waals surface area contributed by atoms with Crippen LogP contribution in [0.25, 0.3) is 0 Å². The number of ether oxygens (including phenoxy) is 1. The van der Waals surface area contributed by atoms with Crippen LogP contribution in [-0.2, 0) is 4.74 Å². The van der Waals surface area contributed by atoms with Gasteiger partial charge in [-0.2, -0.15) is 0 Å². The lowest BCUT2D eigenvalue weighted by molar-refractivity contribution is 0.0606. The largest absolute Gasteiger partial charge is 0.465 e. The van der Waals surface area contributed by atoms with Gasteiger partial charge in [0.25, 0.3) is 0 Å². The molecule has 2 heterocycles. The summed E-state index contributed by atoms with van der Waals surface area (Å²) in [6, 6.07) is 1.95. The Bertz CT molecular complexity index is 329. The molecule has 1 saturated heterocycles. The number of hydrogen-bond acceptors (Lipinski definition) is 4. The molecule has 1 N–H and O–H groups in total. The number of carbonyl (C=O) groups excluding carboxylic acids is 1. The van der Waals surface area contributed by atoms with Gasteiger partial charge in [-0.1, -0.05) is 0 Å². The van der Waals surface area contributed by atoms with Crippen LogP contribution in [0.2, 0.25) is 0 Å². The molecule has 14 heavy (non-hydrogen) atoms. The maximum absolute atomic E-state index is 11.2. The number of hydrogen-bond donors (Lipinski definition) is 1. The lowest BCUT2D eigenvalue weighted by atomic mass is 10.0. The first kappa shape index (κ1) is 9.68. The summed E-state index contributed by atoms with van der Waals surface area (Å²) in [4.78, 5) is 11.9. The highest BCUT2D eigenvalue weighted by Gasteiger charge is 2.19. The zero-order valence-corrected chi connectivity index (χ0v) is 8.89. The Morgan fingerprint density at radius 2 is 2.57 bits per heavy atom. The lowest BCUT2D eigenvalue weighted by Gasteiger charge is -2.03. The number of esters is 1. The fourth-order valence-electron chi connectivity index (χ4n) is 1.71. The van der Waals surface area contributed by atoms with E-state index in [4.69, 9.17) is 0 Å². The predicted octanol–water partition coefficient (Wildman–Crippen LogP) is 1.61. The van der Waals surface area contributed by atoms with Gasteiger partial charge in [-0.15, -0.1) is 11.3 Å².